The molecule has 1 fully saturated rings. The number of hydrogen-bond donors (Lipinski definition) is 1. The van der Waals surface area contributed by atoms with Crippen LogP contribution in [-0.4, -0.2) is 13.1 Å². The molecule has 0 radical (unpaired) electrons. The van der Waals surface area contributed by atoms with Crippen LogP contribution >= 0.6 is 0 Å². The lowest BCUT2D eigenvalue weighted by Crippen LogP contribution is -2.88. The van der Waals surface area contributed by atoms with Crippen molar-refractivity contribution in [2.45, 2.75) is 111 Å². The van der Waals surface area contributed by atoms with Crippen LogP contribution in [0.1, 0.15) is 116 Å². The molecule has 2 aliphatic carbocycles. The molecule has 1 heteroatoms. The minimum Gasteiger partial charge on any atom is -0.346 e. The van der Waals surface area contributed by atoms with Gasteiger partial charge in [0.25, 0.3) is 0 Å². The zero-order valence-corrected chi connectivity index (χ0v) is 21.7. The van der Waals surface area contributed by atoms with Gasteiger partial charge in [-0.15, -0.1) is 0 Å². The normalized spacial score (nSPS) is 28.7. The third-order valence-electron chi connectivity index (χ3n) is 8.85. The van der Waals surface area contributed by atoms with Crippen LogP contribution < -0.4 is 5.32 Å². The molecule has 31 heavy (non-hydrogen) atoms. The Kier molecular flexibility index (Phi) is 8.11. The first-order valence-electron chi connectivity index (χ1n) is 13.2. The van der Waals surface area contributed by atoms with Crippen LogP contribution in [0.2, 0.25) is 0 Å². The molecule has 0 amide bonds. The van der Waals surface area contributed by atoms with Crippen LogP contribution in [0.5, 0.6) is 0 Å². The van der Waals surface area contributed by atoms with E-state index in [1.807, 2.05) is 0 Å². The van der Waals surface area contributed by atoms with Gasteiger partial charge in [0.05, 0.1) is 13.1 Å². The second-order valence-corrected chi connectivity index (χ2v) is 12.1. The summed E-state index contributed by atoms with van der Waals surface area (Å²) in [5, 5.41) is 2.67. The predicted octanol–water partition coefficient (Wildman–Crippen LogP) is 7.16. The molecule has 1 aromatic rings. The molecule has 0 saturated heterocycles. The quantitative estimate of drug-likeness (QED) is 0.320. The Balaban J connectivity index is 1.61. The third kappa shape index (κ3) is 5.65. The summed E-state index contributed by atoms with van der Waals surface area (Å²) in [5.41, 5.74) is 7.18. The Morgan fingerprint density at radius 1 is 1.13 bits per heavy atom. The first-order valence-corrected chi connectivity index (χ1v) is 13.2. The van der Waals surface area contributed by atoms with Crippen molar-refractivity contribution < 1.29 is 5.32 Å². The van der Waals surface area contributed by atoms with Crippen LogP contribution in [-0.2, 0) is 11.8 Å². The Labute approximate surface area is 193 Å². The van der Waals surface area contributed by atoms with E-state index in [1.165, 1.54) is 75.6 Å². The zero-order chi connectivity index (χ0) is 22.6. The van der Waals surface area contributed by atoms with Crippen molar-refractivity contribution in [1.82, 2.24) is 0 Å². The van der Waals surface area contributed by atoms with E-state index < -0.39 is 0 Å². The highest BCUT2D eigenvalue weighted by Crippen LogP contribution is 2.56. The molecule has 174 valence electrons. The minimum atomic E-state index is 0.377. The molecule has 0 unspecified atom stereocenters. The highest BCUT2D eigenvalue weighted by Gasteiger charge is 2.52. The van der Waals surface area contributed by atoms with Crippen LogP contribution in [0, 0.1) is 17.3 Å². The summed E-state index contributed by atoms with van der Waals surface area (Å²) in [4.78, 5) is 0. The molecule has 1 aromatic carbocycles. The molecular formula is C30H50N+. The van der Waals surface area contributed by atoms with Gasteiger partial charge in [-0.2, -0.15) is 0 Å². The fraction of sp³-hybridized carbons (Fsp3) is 0.733. The summed E-state index contributed by atoms with van der Waals surface area (Å²) >= 11 is 0. The van der Waals surface area contributed by atoms with Crippen molar-refractivity contribution in [2.75, 3.05) is 13.1 Å². The number of hydrogen-bond acceptors (Lipinski definition) is 0. The number of benzene rings is 1. The SMILES string of the molecule is CC(C)=CCC[C@H](C)CC[NH2+]C[C@]1(C)CCC[C@]2(C)c3ccc(C(C)C)cc3CC[C@@H]12. The van der Waals surface area contributed by atoms with E-state index in [0.29, 0.717) is 16.7 Å². The summed E-state index contributed by atoms with van der Waals surface area (Å²) in [6, 6.07) is 7.47. The summed E-state index contributed by atoms with van der Waals surface area (Å²) in [6.45, 7) is 19.3. The molecule has 1 saturated carbocycles. The van der Waals surface area contributed by atoms with Gasteiger partial charge < -0.3 is 5.32 Å². The van der Waals surface area contributed by atoms with Gasteiger partial charge in [0.1, 0.15) is 0 Å². The van der Waals surface area contributed by atoms with Gasteiger partial charge >= 0.3 is 0 Å². The average molecular weight is 425 g/mol. The van der Waals surface area contributed by atoms with Gasteiger partial charge in [0.2, 0.25) is 0 Å². The molecule has 0 aromatic heterocycles. The largest absolute Gasteiger partial charge is 0.346 e. The maximum Gasteiger partial charge on any atom is 0.0812 e. The van der Waals surface area contributed by atoms with Crippen molar-refractivity contribution in [1.29, 1.82) is 0 Å². The Bertz CT molecular complexity index is 756. The second-order valence-electron chi connectivity index (χ2n) is 12.1. The van der Waals surface area contributed by atoms with Gasteiger partial charge in [0.15, 0.2) is 0 Å². The van der Waals surface area contributed by atoms with Crippen molar-refractivity contribution in [2.24, 2.45) is 17.3 Å². The van der Waals surface area contributed by atoms with E-state index in [2.05, 4.69) is 78.1 Å². The van der Waals surface area contributed by atoms with Gasteiger partial charge in [-0.05, 0) is 98.7 Å². The highest BCUT2D eigenvalue weighted by molar-refractivity contribution is 5.42. The number of rotatable bonds is 9. The number of fused-ring (bicyclic) bond motifs is 3. The van der Waals surface area contributed by atoms with Gasteiger partial charge in [-0.25, -0.2) is 0 Å². The van der Waals surface area contributed by atoms with Crippen molar-refractivity contribution >= 4 is 0 Å². The summed E-state index contributed by atoms with van der Waals surface area (Å²) < 4.78 is 0. The third-order valence-corrected chi connectivity index (χ3v) is 8.85. The summed E-state index contributed by atoms with van der Waals surface area (Å²) in [6.07, 6.45) is 13.2. The fourth-order valence-corrected chi connectivity index (χ4v) is 6.88. The highest BCUT2D eigenvalue weighted by atomic mass is 14.9. The van der Waals surface area contributed by atoms with E-state index in [1.54, 1.807) is 11.1 Å². The lowest BCUT2D eigenvalue weighted by atomic mass is 9.49. The van der Waals surface area contributed by atoms with E-state index >= 15 is 0 Å². The first-order chi connectivity index (χ1) is 14.7. The van der Waals surface area contributed by atoms with Crippen LogP contribution in [0.4, 0.5) is 0 Å². The Morgan fingerprint density at radius 3 is 2.61 bits per heavy atom. The number of nitrogens with two attached hydrogens (primary N) is 1. The lowest BCUT2D eigenvalue weighted by Gasteiger charge is -2.55. The Hall–Kier alpha value is -1.08. The van der Waals surface area contributed by atoms with Crippen molar-refractivity contribution in [3.8, 4) is 0 Å². The number of allylic oxidation sites excluding steroid dienone is 2. The zero-order valence-electron chi connectivity index (χ0n) is 21.7. The van der Waals surface area contributed by atoms with Crippen molar-refractivity contribution in [3.05, 3.63) is 46.5 Å². The lowest BCUT2D eigenvalue weighted by molar-refractivity contribution is -0.669. The fourth-order valence-electron chi connectivity index (χ4n) is 6.88. The van der Waals surface area contributed by atoms with Crippen LogP contribution in [0.15, 0.2) is 29.8 Å². The average Bonchev–Trinajstić information content (AvgIpc) is 2.70. The molecule has 0 aliphatic heterocycles. The molecule has 0 spiro atoms. The van der Waals surface area contributed by atoms with E-state index in [9.17, 15) is 0 Å². The number of aryl methyl sites for hydroxylation is 1. The standard InChI is InChI=1S/C30H49N/c1-22(2)10-8-11-24(5)16-19-31-21-29(6)17-9-18-30(7)27-14-12-25(23(3)4)20-26(27)13-15-28(29)30/h10,12,14,20,23-24,28,31H,8-9,11,13,15-19,21H2,1-7H3/p+1/t24-,28-,29-,30+/m0/s1. The maximum atomic E-state index is 2.67. The molecule has 1 nitrogen and oxygen atoms in total. The first kappa shape index (κ1) is 24.6. The van der Waals surface area contributed by atoms with E-state index in [-0.39, 0.29) is 0 Å². The monoisotopic (exact) mass is 424 g/mol. The summed E-state index contributed by atoms with van der Waals surface area (Å²) in [5.74, 6) is 2.30. The van der Waals surface area contributed by atoms with E-state index in [0.717, 1.165) is 11.8 Å². The topological polar surface area (TPSA) is 16.6 Å². The molecular weight excluding hydrogens is 374 g/mol. The Morgan fingerprint density at radius 2 is 1.90 bits per heavy atom. The van der Waals surface area contributed by atoms with Gasteiger partial charge in [0, 0.05) is 5.41 Å². The van der Waals surface area contributed by atoms with Crippen molar-refractivity contribution in [3.63, 3.8) is 0 Å². The summed E-state index contributed by atoms with van der Waals surface area (Å²) in [7, 11) is 0. The van der Waals surface area contributed by atoms with E-state index in [4.69, 9.17) is 0 Å². The van der Waals surface area contributed by atoms with Gasteiger partial charge in [-0.1, -0.05) is 70.9 Å². The molecule has 4 atom stereocenters. The second kappa shape index (κ2) is 10.2. The minimum absolute atomic E-state index is 0.377. The smallest absolute Gasteiger partial charge is 0.0812 e. The molecule has 0 bridgehead atoms. The molecule has 2 N–H and O–H groups in total. The molecule has 2 aliphatic rings. The van der Waals surface area contributed by atoms with Crippen LogP contribution in [0.25, 0.3) is 0 Å². The molecule has 3 rings (SSSR count). The van der Waals surface area contributed by atoms with Gasteiger partial charge in [-0.3, -0.25) is 0 Å². The van der Waals surface area contributed by atoms with Crippen LogP contribution in [0.3, 0.4) is 0 Å². The number of quaternary nitrogens is 1. The maximum absolute atomic E-state index is 2.67. The predicted molar refractivity (Wildman–Crippen MR) is 136 cm³/mol. The molecule has 0 heterocycles.